The summed E-state index contributed by atoms with van der Waals surface area (Å²) in [5.41, 5.74) is 5.06. The Morgan fingerprint density at radius 1 is 1.38 bits per heavy atom. The van der Waals surface area contributed by atoms with Crippen LogP contribution in [-0.4, -0.2) is 43.1 Å². The molecule has 0 saturated heterocycles. The molecule has 0 fully saturated rings. The molecule has 0 atom stereocenters. The molecule has 0 aromatic carbocycles. The first-order chi connectivity index (χ1) is 10.0. The number of nitrogens with two attached hydrogens (primary N) is 1. The number of primary amides is 1. The van der Waals surface area contributed by atoms with E-state index in [1.165, 1.54) is 0 Å². The second-order valence-electron chi connectivity index (χ2n) is 4.23. The highest BCUT2D eigenvalue weighted by molar-refractivity contribution is 6.33. The lowest BCUT2D eigenvalue weighted by Gasteiger charge is -2.09. The first-order valence-corrected chi connectivity index (χ1v) is 6.97. The summed E-state index contributed by atoms with van der Waals surface area (Å²) in [6.07, 6.45) is 0.947. The van der Waals surface area contributed by atoms with Crippen LogP contribution >= 0.6 is 11.6 Å². The predicted molar refractivity (Wildman–Crippen MR) is 80.4 cm³/mol. The van der Waals surface area contributed by atoms with Crippen LogP contribution in [0.4, 0.5) is 5.82 Å². The standard InChI is InChI=1S/C13H19ClN4O3/c1-2-5-16-11-4-3-9(14)12(18-11)13(20)17-6-7-21-8-10(15)19/h3-4H,2,5-8H2,1H3,(H2,15,19)(H,16,18)(H,17,20). The van der Waals surface area contributed by atoms with Gasteiger partial charge in [-0.1, -0.05) is 18.5 Å². The summed E-state index contributed by atoms with van der Waals surface area (Å²) in [5, 5.41) is 5.96. The van der Waals surface area contributed by atoms with E-state index in [2.05, 4.69) is 15.6 Å². The van der Waals surface area contributed by atoms with Crippen LogP contribution in [0.1, 0.15) is 23.8 Å². The van der Waals surface area contributed by atoms with E-state index in [1.54, 1.807) is 12.1 Å². The van der Waals surface area contributed by atoms with Crippen molar-refractivity contribution in [2.24, 2.45) is 5.73 Å². The minimum atomic E-state index is -0.555. The van der Waals surface area contributed by atoms with Crippen LogP contribution in [0.2, 0.25) is 5.02 Å². The van der Waals surface area contributed by atoms with Crippen LogP contribution in [0.15, 0.2) is 12.1 Å². The number of amides is 2. The summed E-state index contributed by atoms with van der Waals surface area (Å²) in [5.74, 6) is -0.361. The Labute approximate surface area is 128 Å². The Kier molecular flexibility index (Phi) is 7.49. The van der Waals surface area contributed by atoms with Gasteiger partial charge in [0.1, 0.15) is 18.1 Å². The van der Waals surface area contributed by atoms with Crippen molar-refractivity contribution in [1.29, 1.82) is 0 Å². The molecule has 0 aliphatic rings. The van der Waals surface area contributed by atoms with E-state index in [1.807, 2.05) is 6.92 Å². The molecule has 0 radical (unpaired) electrons. The number of pyridine rings is 1. The van der Waals surface area contributed by atoms with Gasteiger partial charge in [0.05, 0.1) is 11.6 Å². The summed E-state index contributed by atoms with van der Waals surface area (Å²) < 4.78 is 4.93. The Hall–Kier alpha value is -1.86. The van der Waals surface area contributed by atoms with E-state index in [9.17, 15) is 9.59 Å². The molecule has 116 valence electrons. The molecule has 0 aliphatic heterocycles. The number of ether oxygens (including phenoxy) is 1. The van der Waals surface area contributed by atoms with Crippen LogP contribution in [0.5, 0.6) is 0 Å². The molecule has 0 bridgehead atoms. The molecule has 2 amide bonds. The van der Waals surface area contributed by atoms with Crippen LogP contribution < -0.4 is 16.4 Å². The first kappa shape index (κ1) is 17.2. The molecule has 1 rings (SSSR count). The van der Waals surface area contributed by atoms with Gasteiger partial charge in [-0.05, 0) is 18.6 Å². The van der Waals surface area contributed by atoms with E-state index in [4.69, 9.17) is 22.1 Å². The molecule has 4 N–H and O–H groups in total. The lowest BCUT2D eigenvalue weighted by atomic mass is 10.3. The Balaban J connectivity index is 2.50. The number of halogens is 1. The minimum Gasteiger partial charge on any atom is -0.370 e. The topological polar surface area (TPSA) is 106 Å². The number of hydrogen-bond donors (Lipinski definition) is 3. The van der Waals surface area contributed by atoms with Gasteiger partial charge in [-0.2, -0.15) is 0 Å². The third-order valence-electron chi connectivity index (χ3n) is 2.39. The monoisotopic (exact) mass is 314 g/mol. The van der Waals surface area contributed by atoms with Gasteiger partial charge in [0.15, 0.2) is 0 Å². The Morgan fingerprint density at radius 3 is 2.81 bits per heavy atom. The van der Waals surface area contributed by atoms with Crippen molar-refractivity contribution < 1.29 is 14.3 Å². The van der Waals surface area contributed by atoms with E-state index in [0.29, 0.717) is 5.82 Å². The molecule has 0 spiro atoms. The second kappa shape index (κ2) is 9.15. The molecule has 8 heteroatoms. The Bertz CT molecular complexity index is 496. The normalized spacial score (nSPS) is 10.2. The molecule has 21 heavy (non-hydrogen) atoms. The molecule has 1 heterocycles. The van der Waals surface area contributed by atoms with Gasteiger partial charge in [-0.3, -0.25) is 9.59 Å². The fourth-order valence-corrected chi connectivity index (χ4v) is 1.64. The highest BCUT2D eigenvalue weighted by Crippen LogP contribution is 2.16. The van der Waals surface area contributed by atoms with Crippen LogP contribution in [0, 0.1) is 0 Å². The maximum atomic E-state index is 12.0. The first-order valence-electron chi connectivity index (χ1n) is 6.59. The fourth-order valence-electron chi connectivity index (χ4n) is 1.45. The number of carbonyl (C=O) groups excluding carboxylic acids is 2. The van der Waals surface area contributed by atoms with E-state index >= 15 is 0 Å². The number of nitrogens with one attached hydrogen (secondary N) is 2. The summed E-state index contributed by atoms with van der Waals surface area (Å²) >= 11 is 5.96. The number of carbonyl (C=O) groups is 2. The number of aromatic nitrogens is 1. The van der Waals surface area contributed by atoms with Crippen molar-refractivity contribution >= 4 is 29.2 Å². The van der Waals surface area contributed by atoms with E-state index < -0.39 is 11.8 Å². The summed E-state index contributed by atoms with van der Waals surface area (Å²) in [7, 11) is 0. The highest BCUT2D eigenvalue weighted by atomic mass is 35.5. The van der Waals surface area contributed by atoms with Crippen molar-refractivity contribution in [2.45, 2.75) is 13.3 Å². The SMILES string of the molecule is CCCNc1ccc(Cl)c(C(=O)NCCOCC(N)=O)n1. The van der Waals surface area contributed by atoms with Crippen LogP contribution in [0.3, 0.4) is 0 Å². The number of hydrogen-bond acceptors (Lipinski definition) is 5. The van der Waals surface area contributed by atoms with Crippen LogP contribution in [-0.2, 0) is 9.53 Å². The lowest BCUT2D eigenvalue weighted by molar-refractivity contribution is -0.122. The third-order valence-corrected chi connectivity index (χ3v) is 2.70. The Morgan fingerprint density at radius 2 is 2.14 bits per heavy atom. The lowest BCUT2D eigenvalue weighted by Crippen LogP contribution is -2.29. The molecule has 0 unspecified atom stereocenters. The van der Waals surface area contributed by atoms with Gasteiger partial charge >= 0.3 is 0 Å². The number of nitrogens with zero attached hydrogens (tertiary/aromatic N) is 1. The van der Waals surface area contributed by atoms with Gasteiger partial charge in [-0.25, -0.2) is 4.98 Å². The molecular formula is C13H19ClN4O3. The van der Waals surface area contributed by atoms with Crippen molar-refractivity contribution in [3.05, 3.63) is 22.8 Å². The molecule has 1 aromatic heterocycles. The fraction of sp³-hybridized carbons (Fsp3) is 0.462. The highest BCUT2D eigenvalue weighted by Gasteiger charge is 2.12. The third kappa shape index (κ3) is 6.42. The average Bonchev–Trinajstić information content (AvgIpc) is 2.45. The second-order valence-corrected chi connectivity index (χ2v) is 4.64. The largest absolute Gasteiger partial charge is 0.370 e. The summed E-state index contributed by atoms with van der Waals surface area (Å²) in [4.78, 5) is 26.6. The number of anilines is 1. The van der Waals surface area contributed by atoms with E-state index in [-0.39, 0.29) is 30.5 Å². The van der Waals surface area contributed by atoms with Gasteiger partial charge in [0, 0.05) is 13.1 Å². The zero-order valence-corrected chi connectivity index (χ0v) is 12.6. The maximum absolute atomic E-state index is 12.0. The summed E-state index contributed by atoms with van der Waals surface area (Å²) in [6.45, 7) is 3.03. The zero-order chi connectivity index (χ0) is 15.7. The smallest absolute Gasteiger partial charge is 0.271 e. The quantitative estimate of drug-likeness (QED) is 0.584. The molecular weight excluding hydrogens is 296 g/mol. The van der Waals surface area contributed by atoms with Gasteiger partial charge in [0.2, 0.25) is 5.91 Å². The average molecular weight is 315 g/mol. The zero-order valence-electron chi connectivity index (χ0n) is 11.8. The molecule has 7 nitrogen and oxygen atoms in total. The van der Waals surface area contributed by atoms with Crippen LogP contribution in [0.25, 0.3) is 0 Å². The van der Waals surface area contributed by atoms with Crippen molar-refractivity contribution in [2.75, 3.05) is 31.6 Å². The van der Waals surface area contributed by atoms with Gasteiger partial charge in [0.25, 0.3) is 5.91 Å². The van der Waals surface area contributed by atoms with Crippen molar-refractivity contribution in [3.63, 3.8) is 0 Å². The van der Waals surface area contributed by atoms with Gasteiger partial charge in [-0.15, -0.1) is 0 Å². The predicted octanol–water partition coefficient (Wildman–Crippen LogP) is 0.789. The van der Waals surface area contributed by atoms with Crippen molar-refractivity contribution in [3.8, 4) is 0 Å². The molecule has 0 saturated carbocycles. The summed E-state index contributed by atoms with van der Waals surface area (Å²) in [6, 6.07) is 3.33. The molecule has 1 aromatic rings. The van der Waals surface area contributed by atoms with Crippen molar-refractivity contribution in [1.82, 2.24) is 10.3 Å². The van der Waals surface area contributed by atoms with Gasteiger partial charge < -0.3 is 21.1 Å². The number of rotatable bonds is 9. The van der Waals surface area contributed by atoms with E-state index in [0.717, 1.165) is 13.0 Å². The maximum Gasteiger partial charge on any atom is 0.271 e. The molecule has 0 aliphatic carbocycles. The minimum absolute atomic E-state index is 0.146.